The van der Waals surface area contributed by atoms with Gasteiger partial charge in [0.15, 0.2) is 5.78 Å². The Kier molecular flexibility index (Phi) is 5.21. The number of thioether (sulfide) groups is 2. The van der Waals surface area contributed by atoms with Gasteiger partial charge < -0.3 is 10.0 Å². The van der Waals surface area contributed by atoms with Gasteiger partial charge in [0.25, 0.3) is 0 Å². The van der Waals surface area contributed by atoms with E-state index >= 15 is 0 Å². The Labute approximate surface area is 130 Å². The average Bonchev–Trinajstić information content (AvgIpc) is 2.74. The normalized spacial score (nSPS) is 37.6. The molecule has 1 saturated carbocycles. The number of hydrogen-bond donors (Lipinski definition) is 2. The smallest absolute Gasteiger partial charge is 0.427 e. The number of carbonyl (C=O) groups is 1. The molecule has 6 heteroatoms. The van der Waals surface area contributed by atoms with E-state index in [1.165, 1.54) is 0 Å². The Hall–Kier alpha value is 0.355. The van der Waals surface area contributed by atoms with Gasteiger partial charge in [-0.15, -0.1) is 11.8 Å². The molecule has 0 amide bonds. The molecule has 114 valence electrons. The molecule has 2 N–H and O–H groups in total. The highest BCUT2D eigenvalue weighted by Crippen LogP contribution is 2.56. The second-order valence-electron chi connectivity index (χ2n) is 7.09. The first kappa shape index (κ1) is 16.7. The van der Waals surface area contributed by atoms with E-state index in [1.54, 1.807) is 0 Å². The second kappa shape index (κ2) is 6.23. The molecular formula is C14H25BO3S2. The van der Waals surface area contributed by atoms with E-state index in [9.17, 15) is 14.8 Å². The van der Waals surface area contributed by atoms with E-state index in [0.29, 0.717) is 22.2 Å². The highest BCUT2D eigenvalue weighted by Gasteiger charge is 2.51. The SMILES string of the molecule is CSC1SC(C(=O)C(C)(C)C)C2CC(B(O)O)CCC12. The summed E-state index contributed by atoms with van der Waals surface area (Å²) in [5, 5.41) is 19.0. The molecule has 0 aromatic rings. The minimum Gasteiger partial charge on any atom is -0.427 e. The fourth-order valence-corrected chi connectivity index (χ4v) is 6.79. The molecule has 0 bridgehead atoms. The summed E-state index contributed by atoms with van der Waals surface area (Å²) in [5.74, 6) is 1.11. The summed E-state index contributed by atoms with van der Waals surface area (Å²) in [7, 11) is -1.24. The lowest BCUT2D eigenvalue weighted by atomic mass is 9.59. The summed E-state index contributed by atoms with van der Waals surface area (Å²) >= 11 is 3.66. The van der Waals surface area contributed by atoms with Crippen LogP contribution in [0.2, 0.25) is 5.82 Å². The Morgan fingerprint density at radius 1 is 1.25 bits per heavy atom. The molecule has 5 atom stereocenters. The van der Waals surface area contributed by atoms with Gasteiger partial charge in [0.1, 0.15) is 0 Å². The molecule has 3 nitrogen and oxygen atoms in total. The van der Waals surface area contributed by atoms with E-state index in [4.69, 9.17) is 0 Å². The lowest BCUT2D eigenvalue weighted by molar-refractivity contribution is -0.127. The minimum atomic E-state index is -1.24. The van der Waals surface area contributed by atoms with Crippen molar-refractivity contribution in [3.63, 3.8) is 0 Å². The minimum absolute atomic E-state index is 0.0269. The quantitative estimate of drug-likeness (QED) is 0.784. The van der Waals surface area contributed by atoms with Crippen LogP contribution in [0.5, 0.6) is 0 Å². The fourth-order valence-electron chi connectivity index (χ4n) is 3.48. The topological polar surface area (TPSA) is 57.5 Å². The van der Waals surface area contributed by atoms with E-state index in [-0.39, 0.29) is 16.5 Å². The van der Waals surface area contributed by atoms with E-state index in [0.717, 1.165) is 19.3 Å². The molecule has 1 saturated heterocycles. The Morgan fingerprint density at radius 2 is 1.90 bits per heavy atom. The number of carbonyl (C=O) groups excluding carboxylic acids is 1. The Morgan fingerprint density at radius 3 is 2.40 bits per heavy atom. The van der Waals surface area contributed by atoms with Crippen LogP contribution >= 0.6 is 23.5 Å². The fraction of sp³-hybridized carbons (Fsp3) is 0.929. The first-order valence-electron chi connectivity index (χ1n) is 7.34. The van der Waals surface area contributed by atoms with Crippen LogP contribution in [0.25, 0.3) is 0 Å². The zero-order chi connectivity index (χ0) is 15.1. The average molecular weight is 316 g/mol. The molecule has 5 unspecified atom stereocenters. The van der Waals surface area contributed by atoms with Crippen molar-refractivity contribution in [1.29, 1.82) is 0 Å². The van der Waals surface area contributed by atoms with Crippen molar-refractivity contribution in [3.05, 3.63) is 0 Å². The number of ketones is 1. The van der Waals surface area contributed by atoms with Crippen molar-refractivity contribution < 1.29 is 14.8 Å². The molecule has 2 fully saturated rings. The first-order valence-corrected chi connectivity index (χ1v) is 9.57. The third-order valence-electron chi connectivity index (χ3n) is 4.67. The summed E-state index contributed by atoms with van der Waals surface area (Å²) in [6.07, 6.45) is 4.77. The van der Waals surface area contributed by atoms with Gasteiger partial charge in [0, 0.05) is 5.41 Å². The van der Waals surface area contributed by atoms with Crippen molar-refractivity contribution in [1.82, 2.24) is 0 Å². The molecule has 1 aliphatic heterocycles. The second-order valence-corrected chi connectivity index (χ2v) is 9.66. The molecule has 1 heterocycles. The maximum Gasteiger partial charge on any atom is 0.454 e. The van der Waals surface area contributed by atoms with Crippen LogP contribution in [-0.4, -0.2) is 39.0 Å². The van der Waals surface area contributed by atoms with Crippen LogP contribution in [-0.2, 0) is 4.79 Å². The van der Waals surface area contributed by atoms with Gasteiger partial charge in [-0.2, -0.15) is 11.8 Å². The standard InChI is InChI=1S/C14H25BO3S2/c1-14(2,3)12(16)11-10-7-8(15(17)18)5-6-9(10)13(19-4)20-11/h8-11,13,17-18H,5-7H2,1-4H3. The number of rotatable bonds is 3. The molecule has 0 aromatic carbocycles. The summed E-state index contributed by atoms with van der Waals surface area (Å²) in [6, 6.07) is 0. The van der Waals surface area contributed by atoms with Crippen molar-refractivity contribution in [2.75, 3.05) is 6.26 Å². The van der Waals surface area contributed by atoms with Crippen molar-refractivity contribution in [2.24, 2.45) is 17.3 Å². The predicted octanol–water partition coefficient (Wildman–Crippen LogP) is 2.67. The van der Waals surface area contributed by atoms with Crippen molar-refractivity contribution >= 4 is 36.4 Å². The van der Waals surface area contributed by atoms with Gasteiger partial charge in [-0.3, -0.25) is 4.79 Å². The van der Waals surface area contributed by atoms with Gasteiger partial charge in [0.2, 0.25) is 0 Å². The zero-order valence-electron chi connectivity index (χ0n) is 12.7. The molecule has 0 spiro atoms. The summed E-state index contributed by atoms with van der Waals surface area (Å²) in [6.45, 7) is 5.95. The molecule has 20 heavy (non-hydrogen) atoms. The molecular weight excluding hydrogens is 291 g/mol. The number of Topliss-reactive ketones (excluding diaryl/α,β-unsaturated/α-hetero) is 1. The maximum absolute atomic E-state index is 12.7. The highest BCUT2D eigenvalue weighted by molar-refractivity contribution is 8.17. The van der Waals surface area contributed by atoms with Crippen molar-refractivity contribution in [2.45, 2.75) is 55.7 Å². The summed E-state index contributed by atoms with van der Waals surface area (Å²) < 4.78 is 0.480. The van der Waals surface area contributed by atoms with Crippen LogP contribution in [0.3, 0.4) is 0 Å². The molecule has 2 aliphatic rings. The molecule has 0 radical (unpaired) electrons. The van der Waals surface area contributed by atoms with E-state index < -0.39 is 7.12 Å². The maximum atomic E-state index is 12.7. The monoisotopic (exact) mass is 316 g/mol. The van der Waals surface area contributed by atoms with Gasteiger partial charge in [0.05, 0.1) is 9.83 Å². The van der Waals surface area contributed by atoms with Crippen LogP contribution in [0.4, 0.5) is 0 Å². The summed E-state index contributed by atoms with van der Waals surface area (Å²) in [5.41, 5.74) is -0.319. The Balaban J connectivity index is 2.18. The van der Waals surface area contributed by atoms with Gasteiger partial charge in [-0.05, 0) is 36.8 Å². The molecule has 0 aromatic heterocycles. The lowest BCUT2D eigenvalue weighted by Gasteiger charge is -2.35. The highest BCUT2D eigenvalue weighted by atomic mass is 32.2. The predicted molar refractivity (Wildman–Crippen MR) is 87.9 cm³/mol. The molecule has 2 rings (SSSR count). The Bertz CT molecular complexity index is 370. The van der Waals surface area contributed by atoms with E-state index in [2.05, 4.69) is 6.26 Å². The van der Waals surface area contributed by atoms with Crippen molar-refractivity contribution in [3.8, 4) is 0 Å². The number of fused-ring (bicyclic) bond motifs is 1. The van der Waals surface area contributed by atoms with Crippen LogP contribution in [0.1, 0.15) is 40.0 Å². The van der Waals surface area contributed by atoms with E-state index in [1.807, 2.05) is 44.3 Å². The van der Waals surface area contributed by atoms with Gasteiger partial charge in [-0.25, -0.2) is 0 Å². The van der Waals surface area contributed by atoms with Crippen LogP contribution in [0.15, 0.2) is 0 Å². The zero-order valence-corrected chi connectivity index (χ0v) is 14.3. The number of hydrogen-bond acceptors (Lipinski definition) is 5. The van der Waals surface area contributed by atoms with Gasteiger partial charge in [-0.1, -0.05) is 27.2 Å². The van der Waals surface area contributed by atoms with Crippen LogP contribution in [0, 0.1) is 17.3 Å². The molecule has 1 aliphatic carbocycles. The largest absolute Gasteiger partial charge is 0.454 e. The van der Waals surface area contributed by atoms with Crippen LogP contribution < -0.4 is 0 Å². The third kappa shape index (κ3) is 3.23. The lowest BCUT2D eigenvalue weighted by Crippen LogP contribution is -2.39. The summed E-state index contributed by atoms with van der Waals surface area (Å²) in [4.78, 5) is 12.7. The first-order chi connectivity index (χ1) is 9.25. The van der Waals surface area contributed by atoms with Gasteiger partial charge >= 0.3 is 7.12 Å². The third-order valence-corrected chi connectivity index (χ3v) is 7.87.